The van der Waals surface area contributed by atoms with Crippen LogP contribution in [0.25, 0.3) is 11.8 Å². The number of benzene rings is 2. The van der Waals surface area contributed by atoms with Gasteiger partial charge in [0.25, 0.3) is 5.91 Å². The first-order valence-corrected chi connectivity index (χ1v) is 8.42. The summed E-state index contributed by atoms with van der Waals surface area (Å²) in [4.78, 5) is 12.4. The SMILES string of the molecule is Cc1cc(C=C(C#N)C(=O)Nc2ccc(F)cc2)c(C)n1-c1ccccc1. The van der Waals surface area contributed by atoms with Crippen molar-refractivity contribution < 1.29 is 9.18 Å². The lowest BCUT2D eigenvalue weighted by molar-refractivity contribution is -0.112. The van der Waals surface area contributed by atoms with E-state index in [0.29, 0.717) is 5.69 Å². The molecule has 134 valence electrons. The van der Waals surface area contributed by atoms with E-state index in [0.717, 1.165) is 22.6 Å². The zero-order valence-electron chi connectivity index (χ0n) is 15.0. The molecule has 0 aliphatic heterocycles. The molecule has 0 atom stereocenters. The maximum absolute atomic E-state index is 13.0. The number of carbonyl (C=O) groups excluding carboxylic acids is 1. The van der Waals surface area contributed by atoms with Crippen molar-refractivity contribution in [2.24, 2.45) is 0 Å². The molecule has 0 saturated heterocycles. The van der Waals surface area contributed by atoms with Crippen LogP contribution in [0.1, 0.15) is 17.0 Å². The summed E-state index contributed by atoms with van der Waals surface area (Å²) >= 11 is 0. The van der Waals surface area contributed by atoms with E-state index in [1.54, 1.807) is 6.08 Å². The van der Waals surface area contributed by atoms with E-state index in [4.69, 9.17) is 0 Å². The Morgan fingerprint density at radius 2 is 1.78 bits per heavy atom. The molecule has 1 amide bonds. The van der Waals surface area contributed by atoms with Gasteiger partial charge in [0.2, 0.25) is 0 Å². The Morgan fingerprint density at radius 1 is 1.11 bits per heavy atom. The molecule has 4 nitrogen and oxygen atoms in total. The molecule has 5 heteroatoms. The Kier molecular flexibility index (Phi) is 5.18. The van der Waals surface area contributed by atoms with Crippen molar-refractivity contribution in [3.05, 3.63) is 89.0 Å². The molecule has 1 aromatic heterocycles. The summed E-state index contributed by atoms with van der Waals surface area (Å²) in [5.41, 5.74) is 4.15. The molecule has 0 bridgehead atoms. The van der Waals surface area contributed by atoms with Crippen LogP contribution < -0.4 is 5.32 Å². The number of hydrogen-bond donors (Lipinski definition) is 1. The summed E-state index contributed by atoms with van der Waals surface area (Å²) in [6.45, 7) is 3.92. The van der Waals surface area contributed by atoms with Crippen LogP contribution in [-0.2, 0) is 4.79 Å². The van der Waals surface area contributed by atoms with Crippen molar-refractivity contribution in [3.63, 3.8) is 0 Å². The topological polar surface area (TPSA) is 57.8 Å². The van der Waals surface area contributed by atoms with Gasteiger partial charge in [-0.2, -0.15) is 5.26 Å². The summed E-state index contributed by atoms with van der Waals surface area (Å²) in [5, 5.41) is 12.0. The largest absolute Gasteiger partial charge is 0.321 e. The Labute approximate surface area is 157 Å². The Hall–Kier alpha value is -3.65. The number of nitrogens with one attached hydrogen (secondary N) is 1. The van der Waals surface area contributed by atoms with Crippen molar-refractivity contribution in [1.29, 1.82) is 5.26 Å². The Balaban J connectivity index is 1.91. The van der Waals surface area contributed by atoms with Crippen molar-refractivity contribution in [1.82, 2.24) is 4.57 Å². The number of aromatic nitrogens is 1. The molecular formula is C22H18FN3O. The normalized spacial score (nSPS) is 11.1. The standard InChI is InChI=1S/C22H18FN3O/c1-15-12-17(16(2)26(15)21-6-4-3-5-7-21)13-18(14-24)22(27)25-20-10-8-19(23)9-11-20/h3-13H,1-2H3,(H,25,27). The van der Waals surface area contributed by atoms with Gasteiger partial charge in [-0.25, -0.2) is 4.39 Å². The lowest BCUT2D eigenvalue weighted by Crippen LogP contribution is -2.13. The highest BCUT2D eigenvalue weighted by Gasteiger charge is 2.14. The van der Waals surface area contributed by atoms with E-state index >= 15 is 0 Å². The number of para-hydroxylation sites is 1. The fourth-order valence-corrected chi connectivity index (χ4v) is 2.94. The van der Waals surface area contributed by atoms with Crippen LogP contribution in [0.15, 0.2) is 66.2 Å². The number of hydrogen-bond acceptors (Lipinski definition) is 2. The smallest absolute Gasteiger partial charge is 0.266 e. The number of amides is 1. The predicted octanol–water partition coefficient (Wildman–Crippen LogP) is 4.78. The van der Waals surface area contributed by atoms with Gasteiger partial charge in [0, 0.05) is 22.8 Å². The zero-order chi connectivity index (χ0) is 19.4. The number of carbonyl (C=O) groups is 1. The number of nitriles is 1. The van der Waals surface area contributed by atoms with E-state index in [2.05, 4.69) is 9.88 Å². The number of halogens is 1. The second-order valence-corrected chi connectivity index (χ2v) is 6.13. The first-order valence-electron chi connectivity index (χ1n) is 8.42. The van der Waals surface area contributed by atoms with Gasteiger partial charge in [0.15, 0.2) is 0 Å². The number of anilines is 1. The van der Waals surface area contributed by atoms with E-state index < -0.39 is 11.7 Å². The maximum Gasteiger partial charge on any atom is 0.266 e. The van der Waals surface area contributed by atoms with Crippen LogP contribution in [0.4, 0.5) is 10.1 Å². The molecule has 0 aliphatic carbocycles. The maximum atomic E-state index is 13.0. The van der Waals surface area contributed by atoms with Crippen LogP contribution in [0.2, 0.25) is 0 Å². The molecule has 0 radical (unpaired) electrons. The van der Waals surface area contributed by atoms with Gasteiger partial charge in [-0.1, -0.05) is 18.2 Å². The summed E-state index contributed by atoms with van der Waals surface area (Å²) in [6.07, 6.45) is 1.57. The second kappa shape index (κ2) is 7.71. The van der Waals surface area contributed by atoms with Crippen LogP contribution in [0, 0.1) is 31.0 Å². The third-order valence-corrected chi connectivity index (χ3v) is 4.25. The Morgan fingerprint density at radius 3 is 2.41 bits per heavy atom. The highest BCUT2D eigenvalue weighted by atomic mass is 19.1. The summed E-state index contributed by atoms with van der Waals surface area (Å²) in [7, 11) is 0. The highest BCUT2D eigenvalue weighted by Crippen LogP contribution is 2.23. The highest BCUT2D eigenvalue weighted by molar-refractivity contribution is 6.09. The lowest BCUT2D eigenvalue weighted by atomic mass is 10.1. The monoisotopic (exact) mass is 359 g/mol. The molecule has 0 spiro atoms. The van der Waals surface area contributed by atoms with E-state index in [1.165, 1.54) is 24.3 Å². The summed E-state index contributed by atoms with van der Waals surface area (Å²) in [6, 6.07) is 19.1. The van der Waals surface area contributed by atoms with Gasteiger partial charge in [-0.15, -0.1) is 0 Å². The fraction of sp³-hybridized carbons (Fsp3) is 0.0909. The van der Waals surface area contributed by atoms with Crippen molar-refractivity contribution in [2.75, 3.05) is 5.32 Å². The minimum absolute atomic E-state index is 0.0207. The van der Waals surface area contributed by atoms with Gasteiger partial charge in [0.1, 0.15) is 17.5 Å². The first kappa shape index (κ1) is 18.2. The van der Waals surface area contributed by atoms with Gasteiger partial charge in [-0.05, 0) is 68.0 Å². The number of aryl methyl sites for hydroxylation is 1. The molecule has 27 heavy (non-hydrogen) atoms. The number of nitrogens with zero attached hydrogens (tertiary/aromatic N) is 2. The first-order chi connectivity index (χ1) is 13.0. The van der Waals surface area contributed by atoms with Crippen LogP contribution >= 0.6 is 0 Å². The molecule has 1 N–H and O–H groups in total. The zero-order valence-corrected chi connectivity index (χ0v) is 15.0. The van der Waals surface area contributed by atoms with Crippen LogP contribution in [0.5, 0.6) is 0 Å². The molecule has 0 aliphatic rings. The van der Waals surface area contributed by atoms with Crippen molar-refractivity contribution >= 4 is 17.7 Å². The third kappa shape index (κ3) is 3.96. The molecule has 0 saturated carbocycles. The van der Waals surface area contributed by atoms with Crippen LogP contribution in [-0.4, -0.2) is 10.5 Å². The molecule has 1 heterocycles. The average Bonchev–Trinajstić information content (AvgIpc) is 2.95. The molecule has 3 rings (SSSR count). The molecular weight excluding hydrogens is 341 g/mol. The lowest BCUT2D eigenvalue weighted by Gasteiger charge is -2.09. The average molecular weight is 359 g/mol. The predicted molar refractivity (Wildman–Crippen MR) is 104 cm³/mol. The third-order valence-electron chi connectivity index (χ3n) is 4.25. The van der Waals surface area contributed by atoms with Crippen LogP contribution in [0.3, 0.4) is 0 Å². The summed E-state index contributed by atoms with van der Waals surface area (Å²) < 4.78 is 15.1. The number of rotatable bonds is 4. The van der Waals surface area contributed by atoms with Crippen molar-refractivity contribution in [3.8, 4) is 11.8 Å². The Bertz CT molecular complexity index is 1040. The van der Waals surface area contributed by atoms with Gasteiger partial charge in [0.05, 0.1) is 0 Å². The quantitative estimate of drug-likeness (QED) is 0.538. The van der Waals surface area contributed by atoms with E-state index in [-0.39, 0.29) is 5.57 Å². The van der Waals surface area contributed by atoms with Gasteiger partial charge >= 0.3 is 0 Å². The van der Waals surface area contributed by atoms with E-state index in [1.807, 2.05) is 56.3 Å². The molecule has 0 unspecified atom stereocenters. The summed E-state index contributed by atoms with van der Waals surface area (Å²) in [5.74, 6) is -0.925. The van der Waals surface area contributed by atoms with E-state index in [9.17, 15) is 14.4 Å². The molecule has 0 fully saturated rings. The van der Waals surface area contributed by atoms with Crippen molar-refractivity contribution in [2.45, 2.75) is 13.8 Å². The minimum atomic E-state index is -0.534. The minimum Gasteiger partial charge on any atom is -0.321 e. The fourth-order valence-electron chi connectivity index (χ4n) is 2.94. The van der Waals surface area contributed by atoms with Gasteiger partial charge < -0.3 is 9.88 Å². The molecule has 2 aromatic carbocycles. The van der Waals surface area contributed by atoms with Gasteiger partial charge in [-0.3, -0.25) is 4.79 Å². The molecule has 3 aromatic rings. The second-order valence-electron chi connectivity index (χ2n) is 6.13.